The summed E-state index contributed by atoms with van der Waals surface area (Å²) in [6.07, 6.45) is 3.03. The summed E-state index contributed by atoms with van der Waals surface area (Å²) in [6.45, 7) is 6.58. The number of anilines is 1. The van der Waals surface area contributed by atoms with E-state index >= 15 is 0 Å². The van der Waals surface area contributed by atoms with E-state index in [4.69, 9.17) is 10.5 Å². The van der Waals surface area contributed by atoms with Gasteiger partial charge in [-0.1, -0.05) is 6.92 Å². The highest BCUT2D eigenvalue weighted by atomic mass is 16.5. The molecule has 5 nitrogen and oxygen atoms in total. The van der Waals surface area contributed by atoms with E-state index in [1.807, 2.05) is 36.0 Å². The molecule has 2 N–H and O–H groups in total. The summed E-state index contributed by atoms with van der Waals surface area (Å²) < 4.78 is 7.60. The Kier molecular flexibility index (Phi) is 4.04. The quantitative estimate of drug-likeness (QED) is 0.897. The Morgan fingerprint density at radius 1 is 1.37 bits per heavy atom. The molecule has 102 valence electrons. The first kappa shape index (κ1) is 13.4. The molecule has 2 aromatic heterocycles. The van der Waals surface area contributed by atoms with E-state index in [2.05, 4.69) is 23.9 Å². The predicted octanol–water partition coefficient (Wildman–Crippen LogP) is 2.72. The Labute approximate surface area is 113 Å². The summed E-state index contributed by atoms with van der Waals surface area (Å²) in [5.41, 5.74) is 7.57. The van der Waals surface area contributed by atoms with Crippen molar-refractivity contribution >= 4 is 5.82 Å². The Morgan fingerprint density at radius 3 is 2.84 bits per heavy atom. The van der Waals surface area contributed by atoms with Crippen LogP contribution in [0.1, 0.15) is 37.7 Å². The van der Waals surface area contributed by atoms with Gasteiger partial charge in [-0.3, -0.25) is 4.68 Å². The van der Waals surface area contributed by atoms with Crippen molar-refractivity contribution in [2.24, 2.45) is 0 Å². The molecule has 19 heavy (non-hydrogen) atoms. The van der Waals surface area contributed by atoms with Crippen LogP contribution in [0.2, 0.25) is 0 Å². The second-order valence-electron chi connectivity index (χ2n) is 4.67. The van der Waals surface area contributed by atoms with Gasteiger partial charge in [-0.05, 0) is 38.5 Å². The van der Waals surface area contributed by atoms with Crippen LogP contribution in [-0.4, -0.2) is 14.8 Å². The molecule has 0 fully saturated rings. The predicted molar refractivity (Wildman–Crippen MR) is 74.9 cm³/mol. The Balaban J connectivity index is 2.00. The number of hydrogen-bond donors (Lipinski definition) is 1. The lowest BCUT2D eigenvalue weighted by molar-refractivity contribution is 0.298. The van der Waals surface area contributed by atoms with E-state index in [9.17, 15) is 0 Å². The van der Waals surface area contributed by atoms with Gasteiger partial charge in [-0.15, -0.1) is 0 Å². The van der Waals surface area contributed by atoms with Crippen molar-refractivity contribution in [3.63, 3.8) is 0 Å². The number of hydrogen-bond acceptors (Lipinski definition) is 4. The fourth-order valence-electron chi connectivity index (χ4n) is 1.72. The highest BCUT2D eigenvalue weighted by molar-refractivity contribution is 5.46. The van der Waals surface area contributed by atoms with Crippen LogP contribution in [0.4, 0.5) is 5.82 Å². The van der Waals surface area contributed by atoms with Gasteiger partial charge in [0.2, 0.25) is 0 Å². The zero-order valence-electron chi connectivity index (χ0n) is 11.6. The molecule has 0 amide bonds. The maximum absolute atomic E-state index is 5.80. The molecule has 1 atom stereocenters. The fraction of sp³-hybridized carbons (Fsp3) is 0.429. The maximum Gasteiger partial charge on any atom is 0.166 e. The molecule has 0 aromatic carbocycles. The van der Waals surface area contributed by atoms with Crippen LogP contribution in [0.3, 0.4) is 0 Å². The van der Waals surface area contributed by atoms with E-state index in [1.54, 1.807) is 0 Å². The second kappa shape index (κ2) is 5.73. The molecule has 0 bridgehead atoms. The highest BCUT2D eigenvalue weighted by Gasteiger charge is 2.07. The molecule has 0 saturated heterocycles. The van der Waals surface area contributed by atoms with Crippen molar-refractivity contribution in [3.05, 3.63) is 35.8 Å². The number of ether oxygens (including phenoxy) is 1. The van der Waals surface area contributed by atoms with Crippen molar-refractivity contribution in [3.8, 4) is 5.75 Å². The van der Waals surface area contributed by atoms with Crippen LogP contribution in [-0.2, 0) is 6.61 Å². The third-order valence-electron chi connectivity index (χ3n) is 3.11. The van der Waals surface area contributed by atoms with E-state index in [-0.39, 0.29) is 0 Å². The Hall–Kier alpha value is -2.04. The van der Waals surface area contributed by atoms with Crippen LogP contribution in [0, 0.1) is 6.92 Å². The number of nitrogen functional groups attached to an aromatic ring is 1. The maximum atomic E-state index is 5.80. The smallest absolute Gasteiger partial charge is 0.166 e. The van der Waals surface area contributed by atoms with Crippen LogP contribution < -0.4 is 10.5 Å². The van der Waals surface area contributed by atoms with E-state index in [1.165, 1.54) is 0 Å². The molecular formula is C14H20N4O. The Bertz CT molecular complexity index is 550. The van der Waals surface area contributed by atoms with Gasteiger partial charge in [0, 0.05) is 17.9 Å². The fourth-order valence-corrected chi connectivity index (χ4v) is 1.72. The average molecular weight is 260 g/mol. The topological polar surface area (TPSA) is 66.0 Å². The minimum atomic E-state index is 0.401. The lowest BCUT2D eigenvalue weighted by Gasteiger charge is -2.09. The van der Waals surface area contributed by atoms with Crippen molar-refractivity contribution in [1.29, 1.82) is 0 Å². The van der Waals surface area contributed by atoms with E-state index in [0.717, 1.165) is 17.8 Å². The number of aryl methyl sites for hydroxylation is 1. The molecule has 0 saturated carbocycles. The first-order valence-corrected chi connectivity index (χ1v) is 6.50. The van der Waals surface area contributed by atoms with Crippen molar-refractivity contribution < 1.29 is 4.74 Å². The minimum Gasteiger partial charge on any atom is -0.483 e. The summed E-state index contributed by atoms with van der Waals surface area (Å²) >= 11 is 0. The number of nitrogens with zero attached hydrogens (tertiary/aromatic N) is 3. The normalized spacial score (nSPS) is 12.4. The number of aromatic nitrogens is 3. The molecule has 0 aliphatic heterocycles. The summed E-state index contributed by atoms with van der Waals surface area (Å²) in [4.78, 5) is 4.16. The third kappa shape index (κ3) is 3.24. The molecule has 2 rings (SSSR count). The van der Waals surface area contributed by atoms with Gasteiger partial charge in [0.25, 0.3) is 0 Å². The van der Waals surface area contributed by atoms with Gasteiger partial charge >= 0.3 is 0 Å². The van der Waals surface area contributed by atoms with Gasteiger partial charge in [0.05, 0.1) is 5.69 Å². The summed E-state index contributed by atoms with van der Waals surface area (Å²) in [5, 5.41) is 4.47. The first-order chi connectivity index (χ1) is 9.10. The number of rotatable bonds is 5. The van der Waals surface area contributed by atoms with Crippen molar-refractivity contribution in [2.45, 2.75) is 39.8 Å². The van der Waals surface area contributed by atoms with Gasteiger partial charge in [0.15, 0.2) is 11.6 Å². The number of pyridine rings is 1. The average Bonchev–Trinajstić information content (AvgIpc) is 2.85. The monoisotopic (exact) mass is 260 g/mol. The van der Waals surface area contributed by atoms with E-state index < -0.39 is 0 Å². The zero-order chi connectivity index (χ0) is 13.8. The van der Waals surface area contributed by atoms with Gasteiger partial charge < -0.3 is 10.5 Å². The minimum absolute atomic E-state index is 0.401. The highest BCUT2D eigenvalue weighted by Crippen LogP contribution is 2.20. The van der Waals surface area contributed by atoms with Crippen LogP contribution in [0.5, 0.6) is 5.75 Å². The van der Waals surface area contributed by atoms with Crippen molar-refractivity contribution in [2.75, 3.05) is 5.73 Å². The SMILES string of the molecule is CCC(C)n1ccc(COc2ccc(C)nc2N)n1. The molecule has 2 heterocycles. The molecular weight excluding hydrogens is 240 g/mol. The molecule has 0 spiro atoms. The molecule has 0 aliphatic carbocycles. The molecule has 0 radical (unpaired) electrons. The standard InChI is InChI=1S/C14H20N4O/c1-4-11(3)18-8-7-12(17-18)9-19-13-6-5-10(2)16-14(13)15/h5-8,11H,4,9H2,1-3H3,(H2,15,16). The van der Waals surface area contributed by atoms with Crippen LogP contribution in [0.15, 0.2) is 24.4 Å². The molecule has 5 heteroatoms. The summed E-state index contributed by atoms with van der Waals surface area (Å²) in [6, 6.07) is 6.08. The molecule has 2 aromatic rings. The Morgan fingerprint density at radius 2 is 2.16 bits per heavy atom. The molecule has 1 unspecified atom stereocenters. The number of nitrogens with two attached hydrogens (primary N) is 1. The van der Waals surface area contributed by atoms with Gasteiger partial charge in [0.1, 0.15) is 6.61 Å². The van der Waals surface area contributed by atoms with Gasteiger partial charge in [-0.2, -0.15) is 5.10 Å². The summed E-state index contributed by atoms with van der Waals surface area (Å²) in [7, 11) is 0. The van der Waals surface area contributed by atoms with Crippen LogP contribution in [0.25, 0.3) is 0 Å². The lowest BCUT2D eigenvalue weighted by atomic mass is 10.3. The summed E-state index contributed by atoms with van der Waals surface area (Å²) in [5.74, 6) is 1.02. The molecule has 0 aliphatic rings. The first-order valence-electron chi connectivity index (χ1n) is 6.50. The lowest BCUT2D eigenvalue weighted by Crippen LogP contribution is -2.06. The van der Waals surface area contributed by atoms with Crippen molar-refractivity contribution in [1.82, 2.24) is 14.8 Å². The van der Waals surface area contributed by atoms with E-state index in [0.29, 0.717) is 24.2 Å². The largest absolute Gasteiger partial charge is 0.483 e. The third-order valence-corrected chi connectivity index (χ3v) is 3.11. The second-order valence-corrected chi connectivity index (χ2v) is 4.67. The zero-order valence-corrected chi connectivity index (χ0v) is 11.6. The van der Waals surface area contributed by atoms with Crippen LogP contribution >= 0.6 is 0 Å². The van der Waals surface area contributed by atoms with Gasteiger partial charge in [-0.25, -0.2) is 4.98 Å².